The first-order valence-corrected chi connectivity index (χ1v) is 5.27. The maximum Gasteiger partial charge on any atom is 0.405 e. The lowest BCUT2D eigenvalue weighted by atomic mass is 10.1. The van der Waals surface area contributed by atoms with Crippen LogP contribution in [0, 0.1) is 0 Å². The topological polar surface area (TPSA) is 67.1 Å². The Morgan fingerprint density at radius 1 is 1.11 bits per heavy atom. The summed E-state index contributed by atoms with van der Waals surface area (Å²) in [5.74, 6) is 0. The first-order valence-electron chi connectivity index (χ1n) is 5.27. The molecule has 2 amide bonds. The number of halogens is 3. The SMILES string of the molecule is NCc1ccc(CNC(=O)NCC(F)(F)F)cc1. The molecule has 0 aromatic heterocycles. The number of hydrogen-bond acceptors (Lipinski definition) is 2. The zero-order chi connectivity index (χ0) is 13.6. The summed E-state index contributed by atoms with van der Waals surface area (Å²) in [6, 6.07) is 6.25. The predicted molar refractivity (Wildman–Crippen MR) is 60.6 cm³/mol. The van der Waals surface area contributed by atoms with E-state index in [2.05, 4.69) is 5.32 Å². The molecule has 1 aromatic rings. The van der Waals surface area contributed by atoms with Gasteiger partial charge < -0.3 is 16.4 Å². The van der Waals surface area contributed by atoms with E-state index in [-0.39, 0.29) is 6.54 Å². The molecule has 0 spiro atoms. The molecular weight excluding hydrogens is 247 g/mol. The summed E-state index contributed by atoms with van der Waals surface area (Å²) >= 11 is 0. The van der Waals surface area contributed by atoms with Crippen molar-refractivity contribution in [1.29, 1.82) is 0 Å². The zero-order valence-electron chi connectivity index (χ0n) is 9.55. The summed E-state index contributed by atoms with van der Waals surface area (Å²) in [5, 5.41) is 4.05. The molecule has 4 nitrogen and oxygen atoms in total. The Labute approximate surface area is 102 Å². The number of nitrogens with two attached hydrogens (primary N) is 1. The van der Waals surface area contributed by atoms with Crippen LogP contribution in [0.15, 0.2) is 24.3 Å². The molecule has 0 aliphatic heterocycles. The zero-order valence-corrected chi connectivity index (χ0v) is 9.55. The Morgan fingerprint density at radius 2 is 1.67 bits per heavy atom. The molecule has 1 rings (SSSR count). The van der Waals surface area contributed by atoms with Crippen LogP contribution >= 0.6 is 0 Å². The number of carbonyl (C=O) groups excluding carboxylic acids is 1. The van der Waals surface area contributed by atoms with Gasteiger partial charge in [0, 0.05) is 13.1 Å². The molecule has 0 aliphatic rings. The van der Waals surface area contributed by atoms with Gasteiger partial charge in [0.15, 0.2) is 0 Å². The minimum atomic E-state index is -4.40. The van der Waals surface area contributed by atoms with Crippen molar-refractivity contribution in [3.05, 3.63) is 35.4 Å². The predicted octanol–water partition coefficient (Wildman–Crippen LogP) is 1.51. The minimum absolute atomic E-state index is 0.161. The average molecular weight is 261 g/mol. The van der Waals surface area contributed by atoms with Crippen LogP contribution in [0.5, 0.6) is 0 Å². The highest BCUT2D eigenvalue weighted by molar-refractivity contribution is 5.73. The number of amides is 2. The normalized spacial score (nSPS) is 11.1. The van der Waals surface area contributed by atoms with E-state index >= 15 is 0 Å². The Kier molecular flexibility index (Phi) is 4.96. The summed E-state index contributed by atoms with van der Waals surface area (Å²) in [4.78, 5) is 11.0. The summed E-state index contributed by atoms with van der Waals surface area (Å²) in [7, 11) is 0. The van der Waals surface area contributed by atoms with Crippen molar-refractivity contribution >= 4 is 6.03 Å². The number of nitrogens with one attached hydrogen (secondary N) is 2. The summed E-state index contributed by atoms with van der Waals surface area (Å²) < 4.78 is 35.4. The van der Waals surface area contributed by atoms with E-state index in [1.54, 1.807) is 29.6 Å². The second kappa shape index (κ2) is 6.25. The lowest BCUT2D eigenvalue weighted by Gasteiger charge is -2.10. The first-order chi connectivity index (χ1) is 8.40. The molecular formula is C11H14F3N3O. The number of hydrogen-bond donors (Lipinski definition) is 3. The number of urea groups is 1. The highest BCUT2D eigenvalue weighted by Gasteiger charge is 2.27. The van der Waals surface area contributed by atoms with E-state index in [1.807, 2.05) is 0 Å². The third-order valence-corrected chi connectivity index (χ3v) is 2.16. The van der Waals surface area contributed by atoms with Crippen molar-refractivity contribution in [2.75, 3.05) is 6.54 Å². The fourth-order valence-electron chi connectivity index (χ4n) is 1.22. The molecule has 100 valence electrons. The third kappa shape index (κ3) is 5.53. The van der Waals surface area contributed by atoms with Crippen molar-refractivity contribution in [2.24, 2.45) is 5.73 Å². The van der Waals surface area contributed by atoms with Gasteiger partial charge in [-0.25, -0.2) is 4.79 Å². The second-order valence-electron chi connectivity index (χ2n) is 3.67. The van der Waals surface area contributed by atoms with E-state index in [9.17, 15) is 18.0 Å². The van der Waals surface area contributed by atoms with E-state index in [0.717, 1.165) is 11.1 Å². The van der Waals surface area contributed by atoms with Gasteiger partial charge in [0.05, 0.1) is 0 Å². The van der Waals surface area contributed by atoms with Crippen LogP contribution in [-0.2, 0) is 13.1 Å². The average Bonchev–Trinajstić information content (AvgIpc) is 2.33. The van der Waals surface area contributed by atoms with Gasteiger partial charge in [-0.1, -0.05) is 24.3 Å². The Bertz CT molecular complexity index is 390. The number of carbonyl (C=O) groups is 1. The van der Waals surface area contributed by atoms with E-state index in [0.29, 0.717) is 6.54 Å². The highest BCUT2D eigenvalue weighted by atomic mass is 19.4. The molecule has 0 radical (unpaired) electrons. The monoisotopic (exact) mass is 261 g/mol. The highest BCUT2D eigenvalue weighted by Crippen LogP contribution is 2.11. The van der Waals surface area contributed by atoms with E-state index < -0.39 is 18.8 Å². The lowest BCUT2D eigenvalue weighted by molar-refractivity contribution is -0.122. The smallest absolute Gasteiger partial charge is 0.334 e. The number of benzene rings is 1. The van der Waals surface area contributed by atoms with Gasteiger partial charge in [0.25, 0.3) is 0 Å². The summed E-state index contributed by atoms with van der Waals surface area (Å²) in [6.45, 7) is -0.765. The van der Waals surface area contributed by atoms with E-state index in [1.165, 1.54) is 0 Å². The Balaban J connectivity index is 2.33. The van der Waals surface area contributed by atoms with Gasteiger partial charge in [0.2, 0.25) is 0 Å². The van der Waals surface area contributed by atoms with Crippen molar-refractivity contribution in [3.63, 3.8) is 0 Å². The second-order valence-corrected chi connectivity index (χ2v) is 3.67. The maximum absolute atomic E-state index is 11.8. The molecule has 18 heavy (non-hydrogen) atoms. The largest absolute Gasteiger partial charge is 0.405 e. The third-order valence-electron chi connectivity index (χ3n) is 2.16. The van der Waals surface area contributed by atoms with Crippen LogP contribution in [0.3, 0.4) is 0 Å². The van der Waals surface area contributed by atoms with Gasteiger partial charge >= 0.3 is 12.2 Å². The van der Waals surface area contributed by atoms with Crippen LogP contribution in [0.25, 0.3) is 0 Å². The summed E-state index contributed by atoms with van der Waals surface area (Å²) in [5.41, 5.74) is 7.15. The van der Waals surface area contributed by atoms with Crippen LogP contribution < -0.4 is 16.4 Å². The van der Waals surface area contributed by atoms with Crippen molar-refractivity contribution in [3.8, 4) is 0 Å². The fourth-order valence-corrected chi connectivity index (χ4v) is 1.22. The molecule has 0 heterocycles. The first kappa shape index (κ1) is 14.3. The van der Waals surface area contributed by atoms with Crippen LogP contribution in [-0.4, -0.2) is 18.8 Å². The minimum Gasteiger partial charge on any atom is -0.334 e. The van der Waals surface area contributed by atoms with Crippen molar-refractivity contribution in [2.45, 2.75) is 19.3 Å². The molecule has 0 bridgehead atoms. The molecule has 4 N–H and O–H groups in total. The van der Waals surface area contributed by atoms with E-state index in [4.69, 9.17) is 5.73 Å². The fraction of sp³-hybridized carbons (Fsp3) is 0.364. The van der Waals surface area contributed by atoms with Crippen LogP contribution in [0.1, 0.15) is 11.1 Å². The molecule has 0 unspecified atom stereocenters. The van der Waals surface area contributed by atoms with Gasteiger partial charge in [-0.15, -0.1) is 0 Å². The maximum atomic E-state index is 11.8. The van der Waals surface area contributed by atoms with Crippen molar-refractivity contribution < 1.29 is 18.0 Å². The molecule has 0 saturated heterocycles. The molecule has 1 aromatic carbocycles. The summed E-state index contributed by atoms with van der Waals surface area (Å²) in [6.07, 6.45) is -4.40. The molecule has 0 aliphatic carbocycles. The molecule has 0 atom stereocenters. The van der Waals surface area contributed by atoms with Gasteiger partial charge in [-0.05, 0) is 11.1 Å². The number of rotatable bonds is 4. The van der Waals surface area contributed by atoms with Gasteiger partial charge in [0.1, 0.15) is 6.54 Å². The lowest BCUT2D eigenvalue weighted by Crippen LogP contribution is -2.40. The van der Waals surface area contributed by atoms with Gasteiger partial charge in [-0.3, -0.25) is 0 Å². The molecule has 0 fully saturated rings. The van der Waals surface area contributed by atoms with Crippen LogP contribution in [0.4, 0.5) is 18.0 Å². The van der Waals surface area contributed by atoms with Crippen LogP contribution in [0.2, 0.25) is 0 Å². The quantitative estimate of drug-likeness (QED) is 0.769. The Morgan fingerprint density at radius 3 is 2.17 bits per heavy atom. The standard InChI is InChI=1S/C11H14F3N3O/c12-11(13,14)7-17-10(18)16-6-9-3-1-8(5-15)2-4-9/h1-4H,5-7,15H2,(H2,16,17,18). The molecule has 0 saturated carbocycles. The van der Waals surface area contributed by atoms with Gasteiger partial charge in [-0.2, -0.15) is 13.2 Å². The number of alkyl halides is 3. The molecule has 7 heteroatoms. The Hall–Kier alpha value is -1.76. The van der Waals surface area contributed by atoms with Crippen molar-refractivity contribution in [1.82, 2.24) is 10.6 Å².